The number of urea groups is 1. The summed E-state index contributed by atoms with van der Waals surface area (Å²) < 4.78 is 0. The first-order valence-electron chi connectivity index (χ1n) is 6.76. The van der Waals surface area contributed by atoms with Crippen molar-refractivity contribution in [2.75, 3.05) is 13.1 Å². The number of rotatable bonds is 10. The average molecular weight is 283 g/mol. The first kappa shape index (κ1) is 15.9. The van der Waals surface area contributed by atoms with Crippen molar-refractivity contribution in [2.45, 2.75) is 38.5 Å². The van der Waals surface area contributed by atoms with Crippen LogP contribution in [0.5, 0.6) is 0 Å². The highest BCUT2D eigenvalue weighted by molar-refractivity contribution is 5.73. The Morgan fingerprint density at radius 1 is 1.15 bits per heavy atom. The highest BCUT2D eigenvalue weighted by atomic mass is 16.4. The van der Waals surface area contributed by atoms with Crippen LogP contribution in [0.1, 0.15) is 37.9 Å². The Hall–Kier alpha value is -2.12. The molecule has 0 saturated heterocycles. The zero-order valence-corrected chi connectivity index (χ0v) is 11.4. The topological polar surface area (TPSA) is 120 Å². The Bertz CT molecular complexity index is 394. The van der Waals surface area contributed by atoms with Crippen molar-refractivity contribution in [1.82, 2.24) is 25.8 Å². The molecular weight excluding hydrogens is 262 g/mol. The van der Waals surface area contributed by atoms with Crippen LogP contribution in [0, 0.1) is 0 Å². The molecule has 0 radical (unpaired) electrons. The van der Waals surface area contributed by atoms with Gasteiger partial charge in [0.15, 0.2) is 0 Å². The third-order valence-corrected chi connectivity index (χ3v) is 2.69. The smallest absolute Gasteiger partial charge is 0.314 e. The summed E-state index contributed by atoms with van der Waals surface area (Å²) in [4.78, 5) is 25.7. The highest BCUT2D eigenvalue weighted by Gasteiger charge is 2.01. The first-order valence-corrected chi connectivity index (χ1v) is 6.76. The number of carbonyl (C=O) groups is 2. The van der Waals surface area contributed by atoms with Crippen molar-refractivity contribution in [2.24, 2.45) is 0 Å². The molecule has 0 spiro atoms. The van der Waals surface area contributed by atoms with Gasteiger partial charge in [0, 0.05) is 25.9 Å². The number of aromatic amines is 1. The van der Waals surface area contributed by atoms with E-state index in [0.29, 0.717) is 19.5 Å². The Labute approximate surface area is 117 Å². The van der Waals surface area contributed by atoms with Crippen molar-refractivity contribution in [3.8, 4) is 0 Å². The minimum absolute atomic E-state index is 0.188. The molecule has 1 aromatic heterocycles. The molecule has 1 heterocycles. The number of hydrogen-bond donors (Lipinski definition) is 4. The number of carboxylic acids is 1. The van der Waals surface area contributed by atoms with Gasteiger partial charge in [0.25, 0.3) is 0 Å². The van der Waals surface area contributed by atoms with E-state index in [0.717, 1.165) is 31.5 Å². The Morgan fingerprint density at radius 2 is 1.90 bits per heavy atom. The fourth-order valence-electron chi connectivity index (χ4n) is 1.65. The van der Waals surface area contributed by atoms with Crippen LogP contribution in [-0.2, 0) is 11.2 Å². The number of aliphatic carboxylic acids is 1. The van der Waals surface area contributed by atoms with E-state index in [1.54, 1.807) is 0 Å². The summed E-state index contributed by atoms with van der Waals surface area (Å²) in [5, 5.41) is 20.4. The summed E-state index contributed by atoms with van der Waals surface area (Å²) in [6.07, 6.45) is 5.43. The molecule has 0 aromatic carbocycles. The SMILES string of the molecule is O=C(O)CCCCCNC(=O)NCCCc1ncn[nH]1. The van der Waals surface area contributed by atoms with Crippen LogP contribution >= 0.6 is 0 Å². The van der Waals surface area contributed by atoms with Gasteiger partial charge in [0.05, 0.1) is 0 Å². The molecule has 4 N–H and O–H groups in total. The maximum Gasteiger partial charge on any atom is 0.314 e. The molecule has 2 amide bonds. The number of hydrogen-bond acceptors (Lipinski definition) is 4. The van der Waals surface area contributed by atoms with Crippen LogP contribution < -0.4 is 10.6 Å². The second-order valence-electron chi connectivity index (χ2n) is 4.42. The van der Waals surface area contributed by atoms with Crippen molar-refractivity contribution in [3.05, 3.63) is 12.2 Å². The van der Waals surface area contributed by atoms with Gasteiger partial charge < -0.3 is 15.7 Å². The number of nitrogens with zero attached hydrogens (tertiary/aromatic N) is 2. The van der Waals surface area contributed by atoms with E-state index in [-0.39, 0.29) is 12.5 Å². The molecule has 112 valence electrons. The molecule has 0 atom stereocenters. The lowest BCUT2D eigenvalue weighted by atomic mass is 10.2. The van der Waals surface area contributed by atoms with Gasteiger partial charge in [-0.3, -0.25) is 9.89 Å². The van der Waals surface area contributed by atoms with E-state index in [1.165, 1.54) is 6.33 Å². The predicted octanol–water partition coefficient (Wildman–Crippen LogP) is 0.682. The lowest BCUT2D eigenvalue weighted by Crippen LogP contribution is -2.36. The molecule has 0 unspecified atom stereocenters. The fourth-order valence-corrected chi connectivity index (χ4v) is 1.65. The van der Waals surface area contributed by atoms with Crippen LogP contribution in [-0.4, -0.2) is 45.4 Å². The van der Waals surface area contributed by atoms with Gasteiger partial charge in [-0.25, -0.2) is 9.78 Å². The lowest BCUT2D eigenvalue weighted by Gasteiger charge is -2.06. The van der Waals surface area contributed by atoms with Gasteiger partial charge in [-0.15, -0.1) is 0 Å². The van der Waals surface area contributed by atoms with Gasteiger partial charge in [-0.05, 0) is 19.3 Å². The zero-order valence-electron chi connectivity index (χ0n) is 11.4. The van der Waals surface area contributed by atoms with Crippen molar-refractivity contribution >= 4 is 12.0 Å². The molecular formula is C12H21N5O3. The monoisotopic (exact) mass is 283 g/mol. The van der Waals surface area contributed by atoms with Gasteiger partial charge >= 0.3 is 12.0 Å². The fraction of sp³-hybridized carbons (Fsp3) is 0.667. The first-order chi connectivity index (χ1) is 9.68. The van der Waals surface area contributed by atoms with Gasteiger partial charge in [0.1, 0.15) is 12.2 Å². The van der Waals surface area contributed by atoms with Crippen molar-refractivity contribution < 1.29 is 14.7 Å². The van der Waals surface area contributed by atoms with E-state index in [4.69, 9.17) is 5.11 Å². The van der Waals surface area contributed by atoms with Crippen LogP contribution in [0.2, 0.25) is 0 Å². The summed E-state index contributed by atoms with van der Waals surface area (Å²) in [5.41, 5.74) is 0. The van der Waals surface area contributed by atoms with Crippen molar-refractivity contribution in [1.29, 1.82) is 0 Å². The molecule has 0 aliphatic heterocycles. The van der Waals surface area contributed by atoms with E-state index in [9.17, 15) is 9.59 Å². The number of nitrogens with one attached hydrogen (secondary N) is 3. The van der Waals surface area contributed by atoms with Crippen LogP contribution in [0.25, 0.3) is 0 Å². The number of carboxylic acid groups (broad SMARTS) is 1. The summed E-state index contributed by atoms with van der Waals surface area (Å²) in [7, 11) is 0. The second kappa shape index (κ2) is 9.76. The minimum Gasteiger partial charge on any atom is -0.481 e. The van der Waals surface area contributed by atoms with E-state index in [1.807, 2.05) is 0 Å². The molecule has 0 saturated carbocycles. The number of unbranched alkanes of at least 4 members (excludes halogenated alkanes) is 2. The van der Waals surface area contributed by atoms with Crippen LogP contribution in [0.15, 0.2) is 6.33 Å². The third-order valence-electron chi connectivity index (χ3n) is 2.69. The number of aryl methyl sites for hydroxylation is 1. The van der Waals surface area contributed by atoms with E-state index in [2.05, 4.69) is 25.8 Å². The summed E-state index contributed by atoms with van der Waals surface area (Å²) in [6, 6.07) is -0.194. The van der Waals surface area contributed by atoms with Crippen molar-refractivity contribution in [3.63, 3.8) is 0 Å². The van der Waals surface area contributed by atoms with Crippen LogP contribution in [0.4, 0.5) is 4.79 Å². The number of carbonyl (C=O) groups excluding carboxylic acids is 1. The van der Waals surface area contributed by atoms with Crippen LogP contribution in [0.3, 0.4) is 0 Å². The minimum atomic E-state index is -0.776. The molecule has 8 heteroatoms. The standard InChI is InChI=1S/C12H21N5O3/c18-11(19)6-2-1-3-7-13-12(20)14-8-4-5-10-15-9-16-17-10/h9H,1-8H2,(H,18,19)(H2,13,14,20)(H,15,16,17). The highest BCUT2D eigenvalue weighted by Crippen LogP contribution is 1.98. The lowest BCUT2D eigenvalue weighted by molar-refractivity contribution is -0.137. The Kier molecular flexibility index (Phi) is 7.78. The van der Waals surface area contributed by atoms with Gasteiger partial charge in [-0.2, -0.15) is 5.10 Å². The van der Waals surface area contributed by atoms with Gasteiger partial charge in [-0.1, -0.05) is 6.42 Å². The Balaban J connectivity index is 1.89. The van der Waals surface area contributed by atoms with Gasteiger partial charge in [0.2, 0.25) is 0 Å². The largest absolute Gasteiger partial charge is 0.481 e. The molecule has 8 nitrogen and oxygen atoms in total. The maximum absolute atomic E-state index is 11.4. The number of amides is 2. The maximum atomic E-state index is 11.4. The van der Waals surface area contributed by atoms with E-state index >= 15 is 0 Å². The normalized spacial score (nSPS) is 10.2. The third kappa shape index (κ3) is 8.06. The van der Waals surface area contributed by atoms with E-state index < -0.39 is 5.97 Å². The molecule has 0 fully saturated rings. The number of aromatic nitrogens is 3. The number of H-pyrrole nitrogens is 1. The Morgan fingerprint density at radius 3 is 2.55 bits per heavy atom. The molecule has 1 rings (SSSR count). The predicted molar refractivity (Wildman–Crippen MR) is 72.2 cm³/mol. The molecule has 1 aromatic rings. The molecule has 0 aliphatic rings. The summed E-state index contributed by atoms with van der Waals surface area (Å²) in [5.74, 6) is 0.0353. The zero-order chi connectivity index (χ0) is 14.6. The molecule has 20 heavy (non-hydrogen) atoms. The summed E-state index contributed by atoms with van der Waals surface area (Å²) >= 11 is 0. The quantitative estimate of drug-likeness (QED) is 0.471. The molecule has 0 aliphatic carbocycles. The summed E-state index contributed by atoms with van der Waals surface area (Å²) in [6.45, 7) is 1.14. The average Bonchev–Trinajstić information content (AvgIpc) is 2.91. The molecule has 0 bridgehead atoms. The second-order valence-corrected chi connectivity index (χ2v) is 4.42.